The normalized spacial score (nSPS) is 13.7. The van der Waals surface area contributed by atoms with Crippen molar-refractivity contribution >= 4 is 0 Å². The van der Waals surface area contributed by atoms with Gasteiger partial charge in [-0.2, -0.15) is 0 Å². The quantitative estimate of drug-likeness (QED) is 0.867. The molecule has 0 amide bonds. The van der Waals surface area contributed by atoms with Crippen LogP contribution in [-0.4, -0.2) is 19.3 Å². The van der Waals surface area contributed by atoms with E-state index in [1.54, 1.807) is 13.2 Å². The Morgan fingerprint density at radius 1 is 1.33 bits per heavy atom. The summed E-state index contributed by atoms with van der Waals surface area (Å²) < 4.78 is 19.8. The molecule has 0 fully saturated rings. The molecule has 3 heteroatoms. The number of ether oxygens (including phenoxy) is 1. The Morgan fingerprint density at radius 2 is 1.94 bits per heavy atom. The summed E-state index contributed by atoms with van der Waals surface area (Å²) in [6.45, 7) is 10.6. The standard InChI is InChI=1S/C15H24FNO/c1-7-17-14(15(4,5)18-6)13-11(3)8-10(2)9-12(13)16/h8-9,14,17H,7H2,1-6H3. The Morgan fingerprint density at radius 3 is 2.39 bits per heavy atom. The molecule has 0 saturated carbocycles. The molecule has 0 aromatic heterocycles. The molecule has 0 aliphatic carbocycles. The average Bonchev–Trinajstić information content (AvgIpc) is 2.26. The minimum atomic E-state index is -0.461. The molecule has 18 heavy (non-hydrogen) atoms. The van der Waals surface area contributed by atoms with Gasteiger partial charge in [-0.3, -0.25) is 0 Å². The summed E-state index contributed by atoms with van der Waals surface area (Å²) in [5.41, 5.74) is 2.15. The molecule has 1 N–H and O–H groups in total. The molecule has 0 radical (unpaired) electrons. The second kappa shape index (κ2) is 5.81. The lowest BCUT2D eigenvalue weighted by atomic mass is 9.87. The Balaban J connectivity index is 3.30. The Hall–Kier alpha value is -0.930. The summed E-state index contributed by atoms with van der Waals surface area (Å²) in [5, 5.41) is 3.33. The predicted octanol–water partition coefficient (Wildman–Crippen LogP) is 3.52. The number of methoxy groups -OCH3 is 1. The summed E-state index contributed by atoms with van der Waals surface area (Å²) in [6.07, 6.45) is 0. The zero-order valence-corrected chi connectivity index (χ0v) is 12.2. The van der Waals surface area contributed by atoms with Crippen LogP contribution >= 0.6 is 0 Å². The monoisotopic (exact) mass is 253 g/mol. The van der Waals surface area contributed by atoms with E-state index in [-0.39, 0.29) is 11.9 Å². The number of likely N-dealkylation sites (N-methyl/N-ethyl adjacent to an activating group) is 1. The largest absolute Gasteiger partial charge is 0.377 e. The van der Waals surface area contributed by atoms with E-state index in [4.69, 9.17) is 4.74 Å². The average molecular weight is 253 g/mol. The zero-order valence-electron chi connectivity index (χ0n) is 12.2. The molecular weight excluding hydrogens is 229 g/mol. The van der Waals surface area contributed by atoms with Crippen LogP contribution < -0.4 is 5.32 Å². The van der Waals surface area contributed by atoms with Crippen LogP contribution in [0.4, 0.5) is 4.39 Å². The number of hydrogen-bond donors (Lipinski definition) is 1. The summed E-state index contributed by atoms with van der Waals surface area (Å²) in [4.78, 5) is 0. The van der Waals surface area contributed by atoms with E-state index in [0.717, 1.165) is 17.7 Å². The van der Waals surface area contributed by atoms with Crippen molar-refractivity contribution in [3.63, 3.8) is 0 Å². The van der Waals surface area contributed by atoms with E-state index in [2.05, 4.69) is 5.32 Å². The van der Waals surface area contributed by atoms with Gasteiger partial charge in [-0.05, 0) is 51.4 Å². The lowest BCUT2D eigenvalue weighted by Gasteiger charge is -2.35. The van der Waals surface area contributed by atoms with Crippen molar-refractivity contribution in [3.8, 4) is 0 Å². The molecule has 1 unspecified atom stereocenters. The van der Waals surface area contributed by atoms with E-state index in [1.807, 2.05) is 40.7 Å². The van der Waals surface area contributed by atoms with E-state index in [9.17, 15) is 4.39 Å². The Bertz CT molecular complexity index is 392. The highest BCUT2D eigenvalue weighted by Crippen LogP contribution is 2.32. The minimum absolute atomic E-state index is 0.159. The molecule has 0 heterocycles. The third-order valence-electron chi connectivity index (χ3n) is 3.40. The lowest BCUT2D eigenvalue weighted by Crippen LogP contribution is -2.41. The second-order valence-electron chi connectivity index (χ2n) is 5.28. The van der Waals surface area contributed by atoms with Crippen molar-refractivity contribution < 1.29 is 9.13 Å². The van der Waals surface area contributed by atoms with Gasteiger partial charge in [-0.25, -0.2) is 4.39 Å². The molecule has 0 aliphatic rings. The fourth-order valence-electron chi connectivity index (χ4n) is 2.31. The summed E-state index contributed by atoms with van der Waals surface area (Å²) in [5.74, 6) is -0.163. The van der Waals surface area contributed by atoms with Gasteiger partial charge < -0.3 is 10.1 Å². The highest BCUT2D eigenvalue weighted by atomic mass is 19.1. The fraction of sp³-hybridized carbons (Fsp3) is 0.600. The molecule has 0 spiro atoms. The van der Waals surface area contributed by atoms with Crippen molar-refractivity contribution in [1.29, 1.82) is 0 Å². The van der Waals surface area contributed by atoms with Gasteiger partial charge in [-0.15, -0.1) is 0 Å². The summed E-state index contributed by atoms with van der Waals surface area (Å²) >= 11 is 0. The van der Waals surface area contributed by atoms with Crippen LogP contribution in [0.1, 0.15) is 43.5 Å². The summed E-state index contributed by atoms with van der Waals surface area (Å²) in [6, 6.07) is 3.43. The van der Waals surface area contributed by atoms with Crippen molar-refractivity contribution in [2.24, 2.45) is 0 Å². The Kier molecular flexibility index (Phi) is 4.88. The summed E-state index contributed by atoms with van der Waals surface area (Å²) in [7, 11) is 1.66. The number of halogens is 1. The van der Waals surface area contributed by atoms with Gasteiger partial charge in [0.1, 0.15) is 5.82 Å². The van der Waals surface area contributed by atoms with Gasteiger partial charge >= 0.3 is 0 Å². The van der Waals surface area contributed by atoms with Gasteiger partial charge in [-0.1, -0.05) is 13.0 Å². The molecular formula is C15H24FNO. The number of benzene rings is 1. The smallest absolute Gasteiger partial charge is 0.128 e. The molecule has 1 rings (SSSR count). The van der Waals surface area contributed by atoms with Crippen LogP contribution in [0.25, 0.3) is 0 Å². The number of hydrogen-bond acceptors (Lipinski definition) is 2. The highest BCUT2D eigenvalue weighted by Gasteiger charge is 2.33. The number of rotatable bonds is 5. The molecule has 0 saturated heterocycles. The highest BCUT2D eigenvalue weighted by molar-refractivity contribution is 5.35. The molecule has 0 aliphatic heterocycles. The molecule has 1 aromatic rings. The van der Waals surface area contributed by atoms with Gasteiger partial charge in [0.05, 0.1) is 11.6 Å². The van der Waals surface area contributed by atoms with Crippen molar-refractivity contribution in [2.75, 3.05) is 13.7 Å². The SMILES string of the molecule is CCNC(c1c(C)cc(C)cc1F)C(C)(C)OC. The van der Waals surface area contributed by atoms with E-state index < -0.39 is 5.60 Å². The number of aryl methyl sites for hydroxylation is 2. The van der Waals surface area contributed by atoms with Crippen LogP contribution in [0, 0.1) is 19.7 Å². The van der Waals surface area contributed by atoms with Crippen LogP contribution in [-0.2, 0) is 4.74 Å². The van der Waals surface area contributed by atoms with E-state index in [1.165, 1.54) is 0 Å². The maximum Gasteiger partial charge on any atom is 0.128 e. The first kappa shape index (κ1) is 15.1. The lowest BCUT2D eigenvalue weighted by molar-refractivity contribution is -0.0118. The second-order valence-corrected chi connectivity index (χ2v) is 5.28. The molecule has 1 aromatic carbocycles. The van der Waals surface area contributed by atoms with Gasteiger partial charge in [0.25, 0.3) is 0 Å². The first-order valence-electron chi connectivity index (χ1n) is 6.38. The van der Waals surface area contributed by atoms with Crippen LogP contribution in [0.15, 0.2) is 12.1 Å². The third-order valence-corrected chi connectivity index (χ3v) is 3.40. The van der Waals surface area contributed by atoms with E-state index >= 15 is 0 Å². The third kappa shape index (κ3) is 3.09. The van der Waals surface area contributed by atoms with E-state index in [0.29, 0.717) is 5.56 Å². The maximum absolute atomic E-state index is 14.3. The van der Waals surface area contributed by atoms with Crippen molar-refractivity contribution in [3.05, 3.63) is 34.6 Å². The predicted molar refractivity (Wildman–Crippen MR) is 73.4 cm³/mol. The zero-order chi connectivity index (χ0) is 13.9. The van der Waals surface area contributed by atoms with Crippen LogP contribution in [0.3, 0.4) is 0 Å². The number of nitrogens with one attached hydrogen (secondary N) is 1. The molecule has 102 valence electrons. The van der Waals surface area contributed by atoms with Gasteiger partial charge in [0.2, 0.25) is 0 Å². The minimum Gasteiger partial charge on any atom is -0.377 e. The molecule has 2 nitrogen and oxygen atoms in total. The topological polar surface area (TPSA) is 21.3 Å². The van der Waals surface area contributed by atoms with Crippen LogP contribution in [0.5, 0.6) is 0 Å². The first-order chi connectivity index (χ1) is 8.33. The van der Waals surface area contributed by atoms with Crippen molar-refractivity contribution in [1.82, 2.24) is 5.32 Å². The van der Waals surface area contributed by atoms with Crippen LogP contribution in [0.2, 0.25) is 0 Å². The Labute approximate surface area is 110 Å². The fourth-order valence-corrected chi connectivity index (χ4v) is 2.31. The molecule has 1 atom stereocenters. The molecule has 0 bridgehead atoms. The van der Waals surface area contributed by atoms with Gasteiger partial charge in [0.15, 0.2) is 0 Å². The van der Waals surface area contributed by atoms with Crippen molar-refractivity contribution in [2.45, 2.75) is 46.3 Å². The van der Waals surface area contributed by atoms with Gasteiger partial charge in [0, 0.05) is 12.7 Å². The first-order valence-corrected chi connectivity index (χ1v) is 6.38. The maximum atomic E-state index is 14.3.